The molecular weight excluding hydrogens is 360 g/mol. The lowest BCUT2D eigenvalue weighted by molar-refractivity contribution is 0.0706. The number of amides is 1. The molecule has 0 radical (unpaired) electrons. The number of nitrogens with zero attached hydrogens (tertiary/aromatic N) is 2. The van der Waals surface area contributed by atoms with E-state index in [4.69, 9.17) is 9.72 Å². The van der Waals surface area contributed by atoms with E-state index in [9.17, 15) is 4.79 Å². The van der Waals surface area contributed by atoms with Gasteiger partial charge in [-0.05, 0) is 43.2 Å². The summed E-state index contributed by atoms with van der Waals surface area (Å²) in [6, 6.07) is 23.8. The molecule has 0 spiro atoms. The Hall–Kier alpha value is -3.14. The van der Waals surface area contributed by atoms with Crippen LogP contribution in [0.5, 0.6) is 5.75 Å². The standard InChI is InChI=1S/C25H26N2O2/c1-29-24-15-6-5-11-20(24)17-22-13-7-14-23(26-22)21-12-8-16-27(18-21)25(28)19-9-3-2-4-10-19/h2-7,9-11,13-15,21H,8,12,16-18H2,1H3/t21-/m1/s1. The van der Waals surface area contributed by atoms with Crippen LogP contribution in [0.1, 0.15) is 46.1 Å². The highest BCUT2D eigenvalue weighted by Gasteiger charge is 2.26. The van der Waals surface area contributed by atoms with E-state index in [0.717, 1.165) is 60.6 Å². The molecule has 0 N–H and O–H groups in total. The number of para-hydroxylation sites is 1. The van der Waals surface area contributed by atoms with Crippen molar-refractivity contribution in [3.63, 3.8) is 0 Å². The van der Waals surface area contributed by atoms with Gasteiger partial charge in [-0.25, -0.2) is 0 Å². The minimum atomic E-state index is 0.112. The van der Waals surface area contributed by atoms with Crippen LogP contribution >= 0.6 is 0 Å². The molecule has 29 heavy (non-hydrogen) atoms. The van der Waals surface area contributed by atoms with Crippen LogP contribution < -0.4 is 4.74 Å². The molecule has 1 saturated heterocycles. The largest absolute Gasteiger partial charge is 0.496 e. The van der Waals surface area contributed by atoms with Crippen molar-refractivity contribution in [2.45, 2.75) is 25.2 Å². The zero-order valence-electron chi connectivity index (χ0n) is 16.8. The Bertz CT molecular complexity index is 971. The molecule has 4 nitrogen and oxygen atoms in total. The van der Waals surface area contributed by atoms with Gasteiger partial charge < -0.3 is 9.64 Å². The lowest BCUT2D eigenvalue weighted by Crippen LogP contribution is -2.39. The maximum atomic E-state index is 12.8. The van der Waals surface area contributed by atoms with Crippen molar-refractivity contribution in [2.75, 3.05) is 20.2 Å². The number of hydrogen-bond acceptors (Lipinski definition) is 3. The van der Waals surface area contributed by atoms with Gasteiger partial charge in [-0.1, -0.05) is 42.5 Å². The van der Waals surface area contributed by atoms with Gasteiger partial charge in [0.05, 0.1) is 7.11 Å². The molecule has 0 aliphatic carbocycles. The van der Waals surface area contributed by atoms with E-state index in [-0.39, 0.29) is 11.8 Å². The van der Waals surface area contributed by atoms with Gasteiger partial charge in [-0.15, -0.1) is 0 Å². The number of ether oxygens (including phenoxy) is 1. The quantitative estimate of drug-likeness (QED) is 0.638. The van der Waals surface area contributed by atoms with Crippen molar-refractivity contribution < 1.29 is 9.53 Å². The Morgan fingerprint density at radius 1 is 1.03 bits per heavy atom. The van der Waals surface area contributed by atoms with Crippen LogP contribution in [0.4, 0.5) is 0 Å². The minimum absolute atomic E-state index is 0.112. The van der Waals surface area contributed by atoms with Crippen LogP contribution in [0.2, 0.25) is 0 Å². The van der Waals surface area contributed by atoms with Crippen molar-refractivity contribution in [1.29, 1.82) is 0 Å². The first-order chi connectivity index (χ1) is 14.2. The minimum Gasteiger partial charge on any atom is -0.496 e. The van der Waals surface area contributed by atoms with E-state index in [1.54, 1.807) is 7.11 Å². The Morgan fingerprint density at radius 2 is 1.83 bits per heavy atom. The molecule has 4 rings (SSSR count). The van der Waals surface area contributed by atoms with Crippen LogP contribution in [0.15, 0.2) is 72.8 Å². The molecule has 2 aromatic carbocycles. The highest BCUT2D eigenvalue weighted by Crippen LogP contribution is 2.28. The molecule has 0 bridgehead atoms. The molecule has 1 aliphatic rings. The molecule has 1 aliphatic heterocycles. The average Bonchev–Trinajstić information content (AvgIpc) is 2.80. The molecular formula is C25H26N2O2. The summed E-state index contributed by atoms with van der Waals surface area (Å²) in [6.07, 6.45) is 2.79. The number of carbonyl (C=O) groups excluding carboxylic acids is 1. The topological polar surface area (TPSA) is 42.4 Å². The third kappa shape index (κ3) is 4.48. The number of carbonyl (C=O) groups is 1. The number of piperidine rings is 1. The van der Waals surface area contributed by atoms with Crippen molar-refractivity contribution in [2.24, 2.45) is 0 Å². The van der Waals surface area contributed by atoms with E-state index in [0.29, 0.717) is 0 Å². The van der Waals surface area contributed by atoms with Crippen molar-refractivity contribution in [3.8, 4) is 5.75 Å². The first-order valence-corrected chi connectivity index (χ1v) is 10.2. The fourth-order valence-corrected chi connectivity index (χ4v) is 4.03. The smallest absolute Gasteiger partial charge is 0.253 e. The monoisotopic (exact) mass is 386 g/mol. The second-order valence-corrected chi connectivity index (χ2v) is 7.50. The predicted molar refractivity (Wildman–Crippen MR) is 114 cm³/mol. The molecule has 1 amide bonds. The van der Waals surface area contributed by atoms with Crippen molar-refractivity contribution in [1.82, 2.24) is 9.88 Å². The van der Waals surface area contributed by atoms with Gasteiger partial charge in [0.25, 0.3) is 5.91 Å². The molecule has 4 heteroatoms. The second kappa shape index (κ2) is 8.91. The number of rotatable bonds is 5. The van der Waals surface area contributed by atoms with Crippen LogP contribution in [0.3, 0.4) is 0 Å². The average molecular weight is 386 g/mol. The molecule has 148 valence electrons. The highest BCUT2D eigenvalue weighted by atomic mass is 16.5. The molecule has 0 unspecified atom stereocenters. The molecule has 1 fully saturated rings. The normalized spacial score (nSPS) is 16.4. The number of pyridine rings is 1. The van der Waals surface area contributed by atoms with Gasteiger partial charge in [-0.2, -0.15) is 0 Å². The number of benzene rings is 2. The van der Waals surface area contributed by atoms with Gasteiger partial charge in [0.1, 0.15) is 5.75 Å². The predicted octanol–water partition coefficient (Wildman–Crippen LogP) is 4.70. The fourth-order valence-electron chi connectivity index (χ4n) is 4.03. The summed E-state index contributed by atoms with van der Waals surface area (Å²) < 4.78 is 5.47. The lowest BCUT2D eigenvalue weighted by Gasteiger charge is -2.32. The van der Waals surface area contributed by atoms with E-state index in [1.807, 2.05) is 53.4 Å². The van der Waals surface area contributed by atoms with E-state index in [1.165, 1.54) is 0 Å². The van der Waals surface area contributed by atoms with Crippen LogP contribution in [0.25, 0.3) is 0 Å². The van der Waals surface area contributed by atoms with Crippen molar-refractivity contribution in [3.05, 3.63) is 95.3 Å². The van der Waals surface area contributed by atoms with E-state index < -0.39 is 0 Å². The van der Waals surface area contributed by atoms with Crippen LogP contribution in [-0.2, 0) is 6.42 Å². The van der Waals surface area contributed by atoms with Gasteiger partial charge in [-0.3, -0.25) is 9.78 Å². The molecule has 3 aromatic rings. The Morgan fingerprint density at radius 3 is 2.66 bits per heavy atom. The summed E-state index contributed by atoms with van der Waals surface area (Å²) in [6.45, 7) is 1.53. The molecule has 1 atom stereocenters. The first-order valence-electron chi connectivity index (χ1n) is 10.2. The fraction of sp³-hybridized carbons (Fsp3) is 0.280. The van der Waals surface area contributed by atoms with Crippen LogP contribution in [0, 0.1) is 0 Å². The summed E-state index contributed by atoms with van der Waals surface area (Å²) in [5, 5.41) is 0. The SMILES string of the molecule is COc1ccccc1Cc1cccc([C@@H]2CCCN(C(=O)c3ccccc3)C2)n1. The third-order valence-electron chi connectivity index (χ3n) is 5.54. The van der Waals surface area contributed by atoms with Gasteiger partial charge >= 0.3 is 0 Å². The summed E-state index contributed by atoms with van der Waals surface area (Å²) in [5.41, 5.74) is 3.98. The Balaban J connectivity index is 1.50. The number of hydrogen-bond donors (Lipinski definition) is 0. The maximum absolute atomic E-state index is 12.8. The lowest BCUT2D eigenvalue weighted by atomic mass is 9.93. The molecule has 2 heterocycles. The molecule has 1 aromatic heterocycles. The summed E-state index contributed by atoms with van der Waals surface area (Å²) in [7, 11) is 1.70. The van der Waals surface area contributed by atoms with Gasteiger partial charge in [0, 0.05) is 47.9 Å². The summed E-state index contributed by atoms with van der Waals surface area (Å²) in [5.74, 6) is 1.27. The van der Waals surface area contributed by atoms with E-state index >= 15 is 0 Å². The Kier molecular flexibility index (Phi) is 5.89. The maximum Gasteiger partial charge on any atom is 0.253 e. The third-order valence-corrected chi connectivity index (χ3v) is 5.54. The number of aromatic nitrogens is 1. The first kappa shape index (κ1) is 19.2. The van der Waals surface area contributed by atoms with Crippen LogP contribution in [-0.4, -0.2) is 36.0 Å². The number of likely N-dealkylation sites (tertiary alicyclic amines) is 1. The summed E-state index contributed by atoms with van der Waals surface area (Å²) in [4.78, 5) is 19.8. The highest BCUT2D eigenvalue weighted by molar-refractivity contribution is 5.94. The van der Waals surface area contributed by atoms with E-state index in [2.05, 4.69) is 24.3 Å². The summed E-state index contributed by atoms with van der Waals surface area (Å²) >= 11 is 0. The van der Waals surface area contributed by atoms with Gasteiger partial charge in [0.15, 0.2) is 0 Å². The second-order valence-electron chi connectivity index (χ2n) is 7.50. The zero-order valence-corrected chi connectivity index (χ0v) is 16.8. The molecule has 0 saturated carbocycles. The number of methoxy groups -OCH3 is 1. The van der Waals surface area contributed by atoms with Gasteiger partial charge in [0.2, 0.25) is 0 Å². The van der Waals surface area contributed by atoms with Crippen molar-refractivity contribution >= 4 is 5.91 Å². The Labute approximate surface area is 172 Å². The zero-order chi connectivity index (χ0) is 20.1.